The zero-order valence-electron chi connectivity index (χ0n) is 18.7. The van der Waals surface area contributed by atoms with Crippen LogP contribution in [-0.4, -0.2) is 31.3 Å². The fraction of sp³-hybridized carbons (Fsp3) is 0.192. The van der Waals surface area contributed by atoms with Gasteiger partial charge in [-0.3, -0.25) is 4.79 Å². The maximum Gasteiger partial charge on any atom is 0.344 e. The van der Waals surface area contributed by atoms with Crippen molar-refractivity contribution in [3.63, 3.8) is 0 Å². The first-order chi connectivity index (χ1) is 16.5. The summed E-state index contributed by atoms with van der Waals surface area (Å²) in [6.07, 6.45) is 3.57. The lowest BCUT2D eigenvalue weighted by atomic mass is 10.2. The number of hydrogen-bond donors (Lipinski definition) is 1. The van der Waals surface area contributed by atoms with Crippen LogP contribution in [0.4, 0.5) is 0 Å². The Balaban J connectivity index is 1.41. The van der Waals surface area contributed by atoms with Crippen LogP contribution in [0.2, 0.25) is 0 Å². The fourth-order valence-electron chi connectivity index (χ4n) is 2.74. The Morgan fingerprint density at radius 1 is 0.912 bits per heavy atom. The number of nitrogens with zero attached hydrogens (tertiary/aromatic N) is 1. The molecule has 0 aromatic heterocycles. The molecule has 0 fully saturated rings. The highest BCUT2D eigenvalue weighted by atomic mass is 127. The molecule has 0 saturated heterocycles. The second-order valence-electron chi connectivity index (χ2n) is 7.19. The van der Waals surface area contributed by atoms with Crippen LogP contribution >= 0.6 is 22.6 Å². The minimum atomic E-state index is -0.419. The highest BCUT2D eigenvalue weighted by Gasteiger charge is 2.11. The number of hydrogen-bond acceptors (Lipinski definition) is 6. The van der Waals surface area contributed by atoms with E-state index in [2.05, 4.69) is 40.0 Å². The molecule has 0 unspecified atom stereocenters. The molecule has 0 saturated carbocycles. The largest absolute Gasteiger partial charge is 0.494 e. The molecule has 176 valence electrons. The number of halogens is 1. The van der Waals surface area contributed by atoms with Crippen LogP contribution in [0.5, 0.6) is 17.2 Å². The predicted molar refractivity (Wildman–Crippen MR) is 139 cm³/mol. The number of ether oxygens (including phenoxy) is 3. The average Bonchev–Trinajstić information content (AvgIpc) is 2.85. The van der Waals surface area contributed by atoms with E-state index in [4.69, 9.17) is 14.2 Å². The number of unbranched alkanes of at least 4 members (excludes halogenated alkanes) is 1. The normalized spacial score (nSPS) is 10.6. The van der Waals surface area contributed by atoms with Crippen molar-refractivity contribution in [2.45, 2.75) is 19.8 Å². The molecule has 8 heteroatoms. The van der Waals surface area contributed by atoms with E-state index in [1.165, 1.54) is 6.21 Å². The van der Waals surface area contributed by atoms with E-state index in [0.29, 0.717) is 23.7 Å². The zero-order valence-corrected chi connectivity index (χ0v) is 20.9. The van der Waals surface area contributed by atoms with Crippen molar-refractivity contribution in [3.05, 3.63) is 87.5 Å². The lowest BCUT2D eigenvalue weighted by Crippen LogP contribution is -2.24. The van der Waals surface area contributed by atoms with Gasteiger partial charge in [0.1, 0.15) is 17.2 Å². The molecule has 1 N–H and O–H groups in total. The summed E-state index contributed by atoms with van der Waals surface area (Å²) in [7, 11) is 0. The molecule has 3 rings (SSSR count). The van der Waals surface area contributed by atoms with Crippen LogP contribution in [-0.2, 0) is 4.79 Å². The van der Waals surface area contributed by atoms with Gasteiger partial charge in [-0.2, -0.15) is 5.10 Å². The topological polar surface area (TPSA) is 86.2 Å². The Bertz CT molecular complexity index is 1110. The average molecular weight is 572 g/mol. The third kappa shape index (κ3) is 8.18. The smallest absolute Gasteiger partial charge is 0.344 e. The minimum absolute atomic E-state index is 0.166. The quantitative estimate of drug-likeness (QED) is 0.0851. The van der Waals surface area contributed by atoms with Crippen LogP contribution in [0.25, 0.3) is 0 Å². The number of hydrazone groups is 1. The van der Waals surface area contributed by atoms with Gasteiger partial charge in [-0.15, -0.1) is 0 Å². The molecule has 0 heterocycles. The fourth-order valence-corrected chi connectivity index (χ4v) is 3.34. The molecule has 0 aliphatic heterocycles. The van der Waals surface area contributed by atoms with Gasteiger partial charge in [0, 0.05) is 3.57 Å². The first-order valence-electron chi connectivity index (χ1n) is 10.8. The number of carbonyl (C=O) groups excluding carboxylic acids is 2. The molecular formula is C26H25IN2O5. The predicted octanol–water partition coefficient (Wildman–Crippen LogP) is 5.22. The second kappa shape index (κ2) is 13.3. The van der Waals surface area contributed by atoms with Gasteiger partial charge in [0.25, 0.3) is 5.91 Å². The standard InChI is InChI=1S/C26H25IN2O5/c1-2-3-16-32-20-12-14-21(15-13-20)33-18-25(30)29-28-17-19-8-10-22(11-9-19)34-26(31)23-6-4-5-7-24(23)27/h4-15,17H,2-3,16,18H2,1H3,(H,29,30)/b28-17+. The van der Waals surface area contributed by atoms with E-state index < -0.39 is 5.97 Å². The molecule has 3 aromatic rings. The number of nitrogens with one attached hydrogen (secondary N) is 1. The van der Waals surface area contributed by atoms with Crippen LogP contribution in [0, 0.1) is 3.57 Å². The third-order valence-electron chi connectivity index (χ3n) is 4.55. The summed E-state index contributed by atoms with van der Waals surface area (Å²) in [5.41, 5.74) is 3.66. The second-order valence-corrected chi connectivity index (χ2v) is 8.36. The van der Waals surface area contributed by atoms with Crippen molar-refractivity contribution in [1.29, 1.82) is 0 Å². The summed E-state index contributed by atoms with van der Waals surface area (Å²) in [6.45, 7) is 2.62. The number of benzene rings is 3. The van der Waals surface area contributed by atoms with Gasteiger partial charge in [0.2, 0.25) is 0 Å². The van der Waals surface area contributed by atoms with Crippen molar-refractivity contribution in [2.75, 3.05) is 13.2 Å². The van der Waals surface area contributed by atoms with E-state index >= 15 is 0 Å². The molecule has 0 aliphatic rings. The van der Waals surface area contributed by atoms with Crippen LogP contribution in [0.3, 0.4) is 0 Å². The van der Waals surface area contributed by atoms with Gasteiger partial charge in [-0.25, -0.2) is 10.2 Å². The first-order valence-corrected chi connectivity index (χ1v) is 11.9. The Kier molecular flexibility index (Phi) is 9.90. The number of rotatable bonds is 11. The summed E-state index contributed by atoms with van der Waals surface area (Å²) in [6, 6.07) is 21.1. The molecule has 0 aliphatic carbocycles. The molecule has 0 atom stereocenters. The summed E-state index contributed by atoms with van der Waals surface area (Å²) >= 11 is 2.09. The van der Waals surface area contributed by atoms with E-state index in [-0.39, 0.29) is 12.5 Å². The monoisotopic (exact) mass is 572 g/mol. The lowest BCUT2D eigenvalue weighted by molar-refractivity contribution is -0.123. The van der Waals surface area contributed by atoms with Gasteiger partial charge in [0.05, 0.1) is 18.4 Å². The minimum Gasteiger partial charge on any atom is -0.494 e. The molecule has 0 radical (unpaired) electrons. The SMILES string of the molecule is CCCCOc1ccc(OCC(=O)N/N=C/c2ccc(OC(=O)c3ccccc3I)cc2)cc1. The maximum atomic E-state index is 12.3. The van der Waals surface area contributed by atoms with Gasteiger partial charge in [-0.05, 0) is 95.2 Å². The Morgan fingerprint density at radius 3 is 2.24 bits per heavy atom. The van der Waals surface area contributed by atoms with E-state index in [1.807, 2.05) is 24.3 Å². The molecule has 1 amide bonds. The lowest BCUT2D eigenvalue weighted by Gasteiger charge is -2.08. The summed E-state index contributed by atoms with van der Waals surface area (Å²) in [4.78, 5) is 24.2. The molecule has 0 spiro atoms. The number of carbonyl (C=O) groups is 2. The summed E-state index contributed by atoms with van der Waals surface area (Å²) in [5, 5.41) is 3.93. The first kappa shape index (κ1) is 25.2. The highest BCUT2D eigenvalue weighted by molar-refractivity contribution is 14.1. The third-order valence-corrected chi connectivity index (χ3v) is 5.49. The number of amides is 1. The van der Waals surface area contributed by atoms with Gasteiger partial charge < -0.3 is 14.2 Å². The maximum absolute atomic E-state index is 12.3. The van der Waals surface area contributed by atoms with E-state index in [0.717, 1.165) is 27.7 Å². The van der Waals surface area contributed by atoms with E-state index in [9.17, 15) is 9.59 Å². The van der Waals surface area contributed by atoms with E-state index in [1.54, 1.807) is 48.5 Å². The van der Waals surface area contributed by atoms with Gasteiger partial charge in [0.15, 0.2) is 6.61 Å². The van der Waals surface area contributed by atoms with Gasteiger partial charge >= 0.3 is 5.97 Å². The van der Waals surface area contributed by atoms with Crippen molar-refractivity contribution in [3.8, 4) is 17.2 Å². The summed E-state index contributed by atoms with van der Waals surface area (Å²) in [5.74, 6) is 0.948. The molecule has 0 bridgehead atoms. The van der Waals surface area contributed by atoms with Gasteiger partial charge in [-0.1, -0.05) is 25.5 Å². The molecule has 7 nitrogen and oxygen atoms in total. The molecule has 34 heavy (non-hydrogen) atoms. The van der Waals surface area contributed by atoms with Crippen LogP contribution in [0.1, 0.15) is 35.7 Å². The molecular weight excluding hydrogens is 547 g/mol. The Morgan fingerprint density at radius 2 is 1.56 bits per heavy atom. The summed E-state index contributed by atoms with van der Waals surface area (Å²) < 4.78 is 17.3. The Labute approximate surface area is 212 Å². The number of esters is 1. The highest BCUT2D eigenvalue weighted by Crippen LogP contribution is 2.18. The van der Waals surface area contributed by atoms with Crippen molar-refractivity contribution in [1.82, 2.24) is 5.43 Å². The van der Waals surface area contributed by atoms with Crippen molar-refractivity contribution < 1.29 is 23.8 Å². The van der Waals surface area contributed by atoms with Crippen LogP contribution < -0.4 is 19.6 Å². The van der Waals surface area contributed by atoms with Crippen molar-refractivity contribution >= 4 is 40.7 Å². The zero-order chi connectivity index (χ0) is 24.2. The molecule has 3 aromatic carbocycles. The van der Waals surface area contributed by atoms with Crippen LogP contribution in [0.15, 0.2) is 77.9 Å². The Hall–Kier alpha value is -3.40. The van der Waals surface area contributed by atoms with Crippen molar-refractivity contribution in [2.24, 2.45) is 5.10 Å².